The molecule has 0 atom stereocenters. The Hall–Kier alpha value is -1.40. The summed E-state index contributed by atoms with van der Waals surface area (Å²) in [5.74, 6) is -0.532. The lowest BCUT2D eigenvalue weighted by molar-refractivity contribution is -0.183. The molecule has 0 aliphatic carbocycles. The summed E-state index contributed by atoms with van der Waals surface area (Å²) in [6.45, 7) is 4.53. The van der Waals surface area contributed by atoms with Crippen LogP contribution in [0.5, 0.6) is 0 Å². The molecule has 3 heterocycles. The minimum atomic E-state index is -0.567. The molecule has 20 heavy (non-hydrogen) atoms. The standard InChI is InChI=1S/C14H21N3O3/c1-3-12-11(9-16(2)15-12)13(18)17-6-4-5-14(10-17)19-7-8-20-14/h9H,3-8,10H2,1-2H3. The van der Waals surface area contributed by atoms with Gasteiger partial charge in [0.05, 0.1) is 31.0 Å². The first-order chi connectivity index (χ1) is 9.63. The summed E-state index contributed by atoms with van der Waals surface area (Å²) in [6, 6.07) is 0. The van der Waals surface area contributed by atoms with Crippen molar-refractivity contribution < 1.29 is 14.3 Å². The lowest BCUT2D eigenvalue weighted by atomic mass is 10.0. The van der Waals surface area contributed by atoms with Crippen molar-refractivity contribution in [3.8, 4) is 0 Å². The zero-order valence-corrected chi connectivity index (χ0v) is 12.1. The molecule has 110 valence electrons. The number of likely N-dealkylation sites (tertiary alicyclic amines) is 1. The predicted octanol–water partition coefficient (Wildman–Crippen LogP) is 0.962. The Balaban J connectivity index is 1.79. The van der Waals surface area contributed by atoms with E-state index in [2.05, 4.69) is 5.10 Å². The third kappa shape index (κ3) is 2.33. The molecular formula is C14H21N3O3. The van der Waals surface area contributed by atoms with E-state index in [1.165, 1.54) is 0 Å². The van der Waals surface area contributed by atoms with Gasteiger partial charge in [0, 0.05) is 26.2 Å². The zero-order chi connectivity index (χ0) is 14.2. The summed E-state index contributed by atoms with van der Waals surface area (Å²) < 4.78 is 13.1. The van der Waals surface area contributed by atoms with Crippen LogP contribution in [0, 0.1) is 0 Å². The van der Waals surface area contributed by atoms with Crippen molar-refractivity contribution in [2.24, 2.45) is 7.05 Å². The summed E-state index contributed by atoms with van der Waals surface area (Å²) in [5, 5.41) is 4.34. The molecule has 2 aliphatic heterocycles. The molecule has 2 aliphatic rings. The molecule has 6 nitrogen and oxygen atoms in total. The minimum Gasteiger partial charge on any atom is -0.346 e. The fraction of sp³-hybridized carbons (Fsp3) is 0.714. The molecule has 0 N–H and O–H groups in total. The van der Waals surface area contributed by atoms with Crippen LogP contribution in [0.2, 0.25) is 0 Å². The minimum absolute atomic E-state index is 0.0353. The summed E-state index contributed by atoms with van der Waals surface area (Å²) in [5.41, 5.74) is 1.55. The summed E-state index contributed by atoms with van der Waals surface area (Å²) in [6.07, 6.45) is 4.34. The number of aryl methyl sites for hydroxylation is 2. The van der Waals surface area contributed by atoms with E-state index in [1.807, 2.05) is 18.9 Å². The Morgan fingerprint density at radius 1 is 1.45 bits per heavy atom. The number of hydrogen-bond acceptors (Lipinski definition) is 4. The van der Waals surface area contributed by atoms with Gasteiger partial charge >= 0.3 is 0 Å². The monoisotopic (exact) mass is 279 g/mol. The van der Waals surface area contributed by atoms with Crippen molar-refractivity contribution >= 4 is 5.91 Å². The van der Waals surface area contributed by atoms with Crippen molar-refractivity contribution in [1.82, 2.24) is 14.7 Å². The van der Waals surface area contributed by atoms with Gasteiger partial charge in [0.2, 0.25) is 0 Å². The number of carbonyl (C=O) groups is 1. The fourth-order valence-electron chi connectivity index (χ4n) is 3.04. The van der Waals surface area contributed by atoms with Crippen LogP contribution in [-0.4, -0.2) is 52.7 Å². The molecule has 0 bridgehead atoms. The number of aromatic nitrogens is 2. The van der Waals surface area contributed by atoms with Crippen molar-refractivity contribution in [1.29, 1.82) is 0 Å². The number of amides is 1. The van der Waals surface area contributed by atoms with Crippen LogP contribution >= 0.6 is 0 Å². The molecule has 1 aromatic heterocycles. The SMILES string of the molecule is CCc1nn(C)cc1C(=O)N1CCCC2(C1)OCCO2. The first kappa shape index (κ1) is 13.6. The fourth-order valence-corrected chi connectivity index (χ4v) is 3.04. The molecule has 2 fully saturated rings. The summed E-state index contributed by atoms with van der Waals surface area (Å²) >= 11 is 0. The molecule has 1 aromatic rings. The molecular weight excluding hydrogens is 258 g/mol. The molecule has 6 heteroatoms. The second-order valence-corrected chi connectivity index (χ2v) is 5.45. The Labute approximate surface area is 118 Å². The number of rotatable bonds is 2. The van der Waals surface area contributed by atoms with Gasteiger partial charge in [-0.1, -0.05) is 6.92 Å². The van der Waals surface area contributed by atoms with Crippen molar-refractivity contribution in [3.05, 3.63) is 17.5 Å². The number of carbonyl (C=O) groups excluding carboxylic acids is 1. The molecule has 0 unspecified atom stereocenters. The van der Waals surface area contributed by atoms with Crippen LogP contribution in [-0.2, 0) is 22.9 Å². The van der Waals surface area contributed by atoms with Gasteiger partial charge < -0.3 is 14.4 Å². The first-order valence-electron chi connectivity index (χ1n) is 7.23. The molecule has 2 saturated heterocycles. The maximum absolute atomic E-state index is 12.7. The van der Waals surface area contributed by atoms with Crippen molar-refractivity contribution in [2.75, 3.05) is 26.3 Å². The van der Waals surface area contributed by atoms with E-state index < -0.39 is 5.79 Å². The van der Waals surface area contributed by atoms with E-state index >= 15 is 0 Å². The summed E-state index contributed by atoms with van der Waals surface area (Å²) in [4.78, 5) is 14.5. The zero-order valence-electron chi connectivity index (χ0n) is 12.1. The lowest BCUT2D eigenvalue weighted by Crippen LogP contribution is -2.51. The molecule has 1 spiro atoms. The average Bonchev–Trinajstić information content (AvgIpc) is 3.05. The van der Waals surface area contributed by atoms with Crippen LogP contribution in [0.25, 0.3) is 0 Å². The molecule has 3 rings (SSSR count). The van der Waals surface area contributed by atoms with Crippen LogP contribution < -0.4 is 0 Å². The quantitative estimate of drug-likeness (QED) is 0.809. The van der Waals surface area contributed by atoms with Gasteiger partial charge in [0.1, 0.15) is 0 Å². The maximum Gasteiger partial charge on any atom is 0.257 e. The van der Waals surface area contributed by atoms with E-state index in [0.29, 0.717) is 25.3 Å². The van der Waals surface area contributed by atoms with E-state index in [4.69, 9.17) is 9.47 Å². The van der Waals surface area contributed by atoms with Gasteiger partial charge in [-0.15, -0.1) is 0 Å². The third-order valence-corrected chi connectivity index (χ3v) is 3.99. The number of hydrogen-bond donors (Lipinski definition) is 0. The predicted molar refractivity (Wildman–Crippen MR) is 72.4 cm³/mol. The van der Waals surface area contributed by atoms with Crippen LogP contribution in [0.1, 0.15) is 35.8 Å². The Morgan fingerprint density at radius 3 is 2.90 bits per heavy atom. The number of nitrogens with zero attached hydrogens (tertiary/aromatic N) is 3. The van der Waals surface area contributed by atoms with Crippen LogP contribution in [0.4, 0.5) is 0 Å². The van der Waals surface area contributed by atoms with E-state index in [9.17, 15) is 4.79 Å². The highest BCUT2D eigenvalue weighted by Gasteiger charge is 2.42. The molecule has 0 aromatic carbocycles. The van der Waals surface area contributed by atoms with E-state index in [0.717, 1.165) is 31.5 Å². The Kier molecular flexibility index (Phi) is 3.52. The summed E-state index contributed by atoms with van der Waals surface area (Å²) in [7, 11) is 1.84. The maximum atomic E-state index is 12.7. The normalized spacial score (nSPS) is 21.6. The van der Waals surface area contributed by atoms with Gasteiger partial charge in [-0.2, -0.15) is 5.10 Å². The smallest absolute Gasteiger partial charge is 0.257 e. The van der Waals surface area contributed by atoms with E-state index in [1.54, 1.807) is 10.9 Å². The van der Waals surface area contributed by atoms with Crippen LogP contribution in [0.15, 0.2) is 6.20 Å². The highest BCUT2D eigenvalue weighted by molar-refractivity contribution is 5.95. The van der Waals surface area contributed by atoms with Crippen molar-refractivity contribution in [2.45, 2.75) is 32.0 Å². The first-order valence-corrected chi connectivity index (χ1v) is 7.23. The second-order valence-electron chi connectivity index (χ2n) is 5.45. The highest BCUT2D eigenvalue weighted by Crippen LogP contribution is 2.30. The highest BCUT2D eigenvalue weighted by atomic mass is 16.7. The molecule has 0 radical (unpaired) electrons. The third-order valence-electron chi connectivity index (χ3n) is 3.99. The molecule has 1 amide bonds. The van der Waals surface area contributed by atoms with Gasteiger partial charge in [-0.25, -0.2) is 0 Å². The topological polar surface area (TPSA) is 56.6 Å². The van der Waals surface area contributed by atoms with Gasteiger partial charge in [0.25, 0.3) is 5.91 Å². The van der Waals surface area contributed by atoms with Gasteiger partial charge in [-0.05, 0) is 12.8 Å². The number of piperidine rings is 1. The van der Waals surface area contributed by atoms with Gasteiger partial charge in [-0.3, -0.25) is 9.48 Å². The average molecular weight is 279 g/mol. The van der Waals surface area contributed by atoms with Crippen LogP contribution in [0.3, 0.4) is 0 Å². The molecule has 0 saturated carbocycles. The lowest BCUT2D eigenvalue weighted by Gasteiger charge is -2.38. The Bertz CT molecular complexity index is 506. The Morgan fingerprint density at radius 2 is 2.20 bits per heavy atom. The largest absolute Gasteiger partial charge is 0.346 e. The van der Waals surface area contributed by atoms with Gasteiger partial charge in [0.15, 0.2) is 5.79 Å². The second kappa shape index (κ2) is 5.18. The van der Waals surface area contributed by atoms with Crippen molar-refractivity contribution in [3.63, 3.8) is 0 Å². The van der Waals surface area contributed by atoms with E-state index in [-0.39, 0.29) is 5.91 Å². The number of ether oxygens (including phenoxy) is 2.